The van der Waals surface area contributed by atoms with E-state index in [1.807, 2.05) is 66.7 Å². The van der Waals surface area contributed by atoms with Crippen LogP contribution in [0, 0.1) is 5.21 Å². The molecule has 0 saturated heterocycles. The number of alkyl halides is 6. The minimum atomic E-state index is -4.98. The summed E-state index contributed by atoms with van der Waals surface area (Å²) >= 11 is 0. The molecule has 0 spiro atoms. The third-order valence-corrected chi connectivity index (χ3v) is 9.20. The van der Waals surface area contributed by atoms with Gasteiger partial charge in [-0.2, -0.15) is 36.5 Å². The maximum absolute atomic E-state index is 13.5. The van der Waals surface area contributed by atoms with Crippen LogP contribution in [0.3, 0.4) is 0 Å². The van der Waals surface area contributed by atoms with Crippen molar-refractivity contribution < 1.29 is 31.1 Å². The van der Waals surface area contributed by atoms with Crippen LogP contribution < -0.4 is 21.4 Å². The highest BCUT2D eigenvalue weighted by atomic mass is 31.1. The lowest BCUT2D eigenvalue weighted by molar-refractivity contribution is -0.143. The number of hydrogen-bond acceptors (Lipinski definition) is 5. The molecule has 0 aliphatic carbocycles. The Hall–Kier alpha value is -4.25. The van der Waals surface area contributed by atoms with Crippen LogP contribution >= 0.6 is 7.92 Å². The van der Waals surface area contributed by atoms with Crippen LogP contribution in [0.2, 0.25) is 0 Å². The number of hydroxylamine groups is 2. The number of hydrazine groups is 1. The lowest BCUT2D eigenvalue weighted by Crippen LogP contribution is -2.37. The van der Waals surface area contributed by atoms with Gasteiger partial charge < -0.3 is 10.3 Å². The Balaban J connectivity index is 1.32. The minimum absolute atomic E-state index is 0.0586. The van der Waals surface area contributed by atoms with Crippen LogP contribution in [-0.4, -0.2) is 34.8 Å². The highest BCUT2D eigenvalue weighted by Crippen LogP contribution is 2.37. The zero-order valence-electron chi connectivity index (χ0n) is 22.8. The van der Waals surface area contributed by atoms with Crippen molar-refractivity contribution in [1.82, 2.24) is 15.6 Å². The first-order chi connectivity index (χ1) is 20.9. The van der Waals surface area contributed by atoms with Gasteiger partial charge in [-0.15, -0.1) is 0 Å². The molecule has 228 valence electrons. The Bertz CT molecular complexity index is 1580. The first-order valence-electron chi connectivity index (χ1n) is 13.2. The fraction of sp³-hybridized carbons (Fsp3) is 0.161. The van der Waals surface area contributed by atoms with Crippen LogP contribution in [0.15, 0.2) is 108 Å². The largest absolute Gasteiger partial charge is 0.756 e. The normalized spacial score (nSPS) is 14.0. The topological polar surface area (TPSA) is 71.0 Å². The Morgan fingerprint density at radius 1 is 0.818 bits per heavy atom. The zero-order chi connectivity index (χ0) is 31.5. The fourth-order valence-corrected chi connectivity index (χ4v) is 7.18. The molecule has 0 fully saturated rings. The average Bonchev–Trinajstić information content (AvgIpc) is 3.43. The Labute approximate surface area is 249 Å². The third-order valence-electron chi connectivity index (χ3n) is 6.70. The summed E-state index contributed by atoms with van der Waals surface area (Å²) in [6.07, 6.45) is -9.95. The van der Waals surface area contributed by atoms with Crippen LogP contribution in [0.1, 0.15) is 27.0 Å². The number of benzene rings is 4. The molecule has 1 aliphatic rings. The number of rotatable bonds is 8. The molecule has 1 heterocycles. The number of nitrogens with one attached hydrogen (secondary N) is 1. The molecule has 4 aromatic rings. The van der Waals surface area contributed by atoms with Crippen molar-refractivity contribution in [3.8, 4) is 0 Å². The predicted molar refractivity (Wildman–Crippen MR) is 157 cm³/mol. The summed E-state index contributed by atoms with van der Waals surface area (Å²) in [7, 11) is -1.19. The van der Waals surface area contributed by atoms with Crippen molar-refractivity contribution in [2.75, 3.05) is 13.1 Å². The van der Waals surface area contributed by atoms with Gasteiger partial charge in [0.05, 0.1) is 29.9 Å². The van der Waals surface area contributed by atoms with Crippen LogP contribution in [0.4, 0.5) is 26.3 Å². The van der Waals surface area contributed by atoms with E-state index in [1.54, 1.807) is 18.2 Å². The molecular formula is C31H24F6N4O2P-. The highest BCUT2D eigenvalue weighted by Gasteiger charge is 2.37. The van der Waals surface area contributed by atoms with Crippen LogP contribution in [-0.2, 0) is 18.9 Å². The SMILES string of the molecule is O=C(c1ccccc1P(c1ccccc1)c1ccccc1)N([O-])CC1=NNN(Cc2cc(C(F)(F)F)cc(C(F)(F)F)c2)C1. The molecule has 0 aromatic heterocycles. The molecule has 0 radical (unpaired) electrons. The third kappa shape index (κ3) is 7.27. The number of halogens is 6. The maximum Gasteiger partial charge on any atom is 0.416 e. The van der Waals surface area contributed by atoms with Crippen LogP contribution in [0.25, 0.3) is 0 Å². The fourth-order valence-electron chi connectivity index (χ4n) is 4.74. The summed E-state index contributed by atoms with van der Waals surface area (Å²) in [6.45, 7) is -0.929. The smallest absolute Gasteiger partial charge is 0.416 e. The van der Waals surface area contributed by atoms with E-state index in [2.05, 4.69) is 10.6 Å². The van der Waals surface area contributed by atoms with E-state index in [1.165, 1.54) is 5.01 Å². The van der Waals surface area contributed by atoms with E-state index >= 15 is 0 Å². The quantitative estimate of drug-likeness (QED) is 0.152. The maximum atomic E-state index is 13.5. The van der Waals surface area contributed by atoms with E-state index in [4.69, 9.17) is 0 Å². The molecule has 6 nitrogen and oxygen atoms in total. The molecule has 13 heteroatoms. The van der Waals surface area contributed by atoms with Gasteiger partial charge >= 0.3 is 12.4 Å². The van der Waals surface area contributed by atoms with Crippen LogP contribution in [0.5, 0.6) is 0 Å². The average molecular weight is 630 g/mol. The Morgan fingerprint density at radius 2 is 1.34 bits per heavy atom. The van der Waals surface area contributed by atoms with Crippen molar-refractivity contribution in [3.63, 3.8) is 0 Å². The first kappa shape index (κ1) is 31.2. The molecule has 0 bridgehead atoms. The molecule has 1 N–H and O–H groups in total. The van der Waals surface area contributed by atoms with Gasteiger partial charge in [0.1, 0.15) is 0 Å². The van der Waals surface area contributed by atoms with Gasteiger partial charge in [-0.05, 0) is 53.7 Å². The second-order valence-corrected chi connectivity index (χ2v) is 12.1. The van der Waals surface area contributed by atoms with Crippen molar-refractivity contribution in [3.05, 3.63) is 131 Å². The van der Waals surface area contributed by atoms with Crippen molar-refractivity contribution in [1.29, 1.82) is 0 Å². The number of hydrazone groups is 1. The van der Waals surface area contributed by atoms with E-state index in [0.717, 1.165) is 10.6 Å². The Kier molecular flexibility index (Phi) is 9.05. The summed E-state index contributed by atoms with van der Waals surface area (Å²) in [6, 6.07) is 27.4. The molecule has 5 rings (SSSR count). The van der Waals surface area contributed by atoms with Gasteiger partial charge in [0.15, 0.2) is 0 Å². The zero-order valence-corrected chi connectivity index (χ0v) is 23.7. The first-order valence-corrected chi connectivity index (χ1v) is 14.6. The van der Waals surface area contributed by atoms with Gasteiger partial charge in [0, 0.05) is 12.1 Å². The van der Waals surface area contributed by atoms with E-state index < -0.39 is 43.9 Å². The molecule has 44 heavy (non-hydrogen) atoms. The van der Waals surface area contributed by atoms with Crippen molar-refractivity contribution >= 4 is 35.5 Å². The highest BCUT2D eigenvalue weighted by molar-refractivity contribution is 7.80. The molecular weight excluding hydrogens is 605 g/mol. The van der Waals surface area contributed by atoms with Crippen molar-refractivity contribution in [2.24, 2.45) is 5.10 Å². The molecule has 4 aromatic carbocycles. The lowest BCUT2D eigenvalue weighted by Gasteiger charge is -2.30. The summed E-state index contributed by atoms with van der Waals surface area (Å²) in [5.74, 6) is -0.797. The number of amides is 1. The summed E-state index contributed by atoms with van der Waals surface area (Å²) in [5, 5.41) is 21.2. The summed E-state index contributed by atoms with van der Waals surface area (Å²) in [4.78, 5) is 13.5. The Morgan fingerprint density at radius 3 is 1.89 bits per heavy atom. The van der Waals surface area contributed by atoms with E-state index in [9.17, 15) is 36.3 Å². The summed E-state index contributed by atoms with van der Waals surface area (Å²) in [5.41, 5.74) is -0.197. The standard InChI is InChI=1S/C31H24F6N4O2P/c32-30(33,34)22-15-21(16-23(17-22)31(35,36)37)18-40-19-24(38-39-40)20-41(43)29(42)27-13-7-8-14-28(27)44(25-9-3-1-4-10-25)26-11-5-2-6-12-26/h1-17,39H,18-20H2/q-1. The number of carbonyl (C=O) groups excluding carboxylic acids is 1. The predicted octanol–water partition coefficient (Wildman–Crippen LogP) is 5.80. The molecule has 1 aliphatic heterocycles. The second-order valence-electron chi connectivity index (χ2n) is 9.91. The molecule has 0 saturated carbocycles. The molecule has 1 amide bonds. The molecule has 0 unspecified atom stereocenters. The van der Waals surface area contributed by atoms with Gasteiger partial charge in [0.25, 0.3) is 0 Å². The second kappa shape index (κ2) is 12.8. The van der Waals surface area contributed by atoms with Gasteiger partial charge in [0.2, 0.25) is 5.91 Å². The molecule has 0 atom stereocenters. The monoisotopic (exact) mass is 629 g/mol. The lowest BCUT2D eigenvalue weighted by atomic mass is 10.0. The van der Waals surface area contributed by atoms with Gasteiger partial charge in [-0.1, -0.05) is 78.9 Å². The number of hydrogen-bond donors (Lipinski definition) is 1. The minimum Gasteiger partial charge on any atom is -0.756 e. The van der Waals surface area contributed by atoms with Crippen molar-refractivity contribution in [2.45, 2.75) is 18.9 Å². The summed E-state index contributed by atoms with van der Waals surface area (Å²) < 4.78 is 79.5. The van der Waals surface area contributed by atoms with E-state index in [-0.39, 0.29) is 41.1 Å². The van der Waals surface area contributed by atoms with Gasteiger partial charge in [-0.3, -0.25) is 4.79 Å². The number of carbonyl (C=O) groups is 1. The number of nitrogens with zero attached hydrogens (tertiary/aromatic N) is 3. The van der Waals surface area contributed by atoms with E-state index in [0.29, 0.717) is 17.4 Å². The van der Waals surface area contributed by atoms with Gasteiger partial charge in [-0.25, -0.2) is 5.53 Å².